The maximum atomic E-state index is 14.0. The van der Waals surface area contributed by atoms with Crippen LogP contribution >= 0.6 is 11.8 Å². The van der Waals surface area contributed by atoms with E-state index in [1.54, 1.807) is 18.2 Å². The van der Waals surface area contributed by atoms with E-state index in [0.717, 1.165) is 4.90 Å². The van der Waals surface area contributed by atoms with Crippen molar-refractivity contribution >= 4 is 40.8 Å². The summed E-state index contributed by atoms with van der Waals surface area (Å²) in [6, 6.07) is 6.21. The number of aromatic amines is 1. The minimum absolute atomic E-state index is 0.329. The third-order valence-electron chi connectivity index (χ3n) is 2.94. The van der Waals surface area contributed by atoms with E-state index in [1.165, 1.54) is 17.8 Å². The zero-order valence-corrected chi connectivity index (χ0v) is 12.0. The van der Waals surface area contributed by atoms with Crippen LogP contribution in [0.5, 0.6) is 0 Å². The molecular formula is C13H11FN6OS. The molecule has 0 atom stereocenters. The predicted octanol–water partition coefficient (Wildman–Crippen LogP) is 1.93. The molecule has 0 aliphatic carbocycles. The van der Waals surface area contributed by atoms with Crippen LogP contribution in [0.2, 0.25) is 0 Å². The van der Waals surface area contributed by atoms with Crippen molar-refractivity contribution in [3.63, 3.8) is 0 Å². The SMILES string of the molecule is Nc1cc(SCc2ccc(NC=O)cc2F)c2n[nH]nc2n1. The lowest BCUT2D eigenvalue weighted by atomic mass is 10.2. The largest absolute Gasteiger partial charge is 0.384 e. The highest BCUT2D eigenvalue weighted by molar-refractivity contribution is 7.98. The Hall–Kier alpha value is -2.68. The first kappa shape index (κ1) is 14.3. The fraction of sp³-hybridized carbons (Fsp3) is 0.0769. The van der Waals surface area contributed by atoms with E-state index in [2.05, 4.69) is 25.7 Å². The Morgan fingerprint density at radius 1 is 1.36 bits per heavy atom. The Morgan fingerprint density at radius 3 is 3.00 bits per heavy atom. The smallest absolute Gasteiger partial charge is 0.211 e. The van der Waals surface area contributed by atoms with Gasteiger partial charge in [0.15, 0.2) is 0 Å². The number of benzene rings is 1. The molecule has 1 amide bonds. The van der Waals surface area contributed by atoms with Gasteiger partial charge >= 0.3 is 0 Å². The summed E-state index contributed by atoms with van der Waals surface area (Å²) in [5.74, 6) is 0.325. The maximum absolute atomic E-state index is 14.0. The summed E-state index contributed by atoms with van der Waals surface area (Å²) in [6.45, 7) is 0. The Bertz CT molecular complexity index is 837. The summed E-state index contributed by atoms with van der Waals surface area (Å²) in [4.78, 5) is 15.2. The third-order valence-corrected chi connectivity index (χ3v) is 4.02. The normalized spacial score (nSPS) is 10.8. The van der Waals surface area contributed by atoms with Crippen molar-refractivity contribution in [2.24, 2.45) is 0 Å². The van der Waals surface area contributed by atoms with Crippen LogP contribution in [0.3, 0.4) is 0 Å². The molecule has 22 heavy (non-hydrogen) atoms. The molecule has 0 saturated heterocycles. The zero-order valence-electron chi connectivity index (χ0n) is 11.2. The molecule has 0 bridgehead atoms. The molecule has 0 aliphatic heterocycles. The van der Waals surface area contributed by atoms with Gasteiger partial charge in [-0.3, -0.25) is 4.79 Å². The lowest BCUT2D eigenvalue weighted by molar-refractivity contribution is -0.105. The van der Waals surface area contributed by atoms with E-state index in [1.807, 2.05) is 0 Å². The second-order valence-electron chi connectivity index (χ2n) is 4.40. The number of nitrogens with zero attached hydrogens (tertiary/aromatic N) is 3. The number of halogens is 1. The number of fused-ring (bicyclic) bond motifs is 1. The number of rotatable bonds is 5. The van der Waals surface area contributed by atoms with Gasteiger partial charge in [0.25, 0.3) is 0 Å². The van der Waals surface area contributed by atoms with E-state index in [4.69, 9.17) is 5.73 Å². The van der Waals surface area contributed by atoms with Crippen LogP contribution in [-0.2, 0) is 10.5 Å². The number of nitrogen functional groups attached to an aromatic ring is 1. The average molecular weight is 318 g/mol. The van der Waals surface area contributed by atoms with Crippen LogP contribution < -0.4 is 11.1 Å². The van der Waals surface area contributed by atoms with Gasteiger partial charge in [-0.15, -0.1) is 16.9 Å². The molecule has 112 valence electrons. The Labute approximate surface area is 128 Å². The lowest BCUT2D eigenvalue weighted by Crippen LogP contribution is -1.96. The Balaban J connectivity index is 1.82. The summed E-state index contributed by atoms with van der Waals surface area (Å²) < 4.78 is 14.0. The number of hydrogen-bond donors (Lipinski definition) is 3. The van der Waals surface area contributed by atoms with Crippen LogP contribution in [0, 0.1) is 5.82 Å². The summed E-state index contributed by atoms with van der Waals surface area (Å²) in [5.41, 5.74) is 7.65. The molecule has 0 saturated carbocycles. The fourth-order valence-electron chi connectivity index (χ4n) is 1.91. The third kappa shape index (κ3) is 2.84. The number of anilines is 2. The van der Waals surface area contributed by atoms with E-state index < -0.39 is 5.82 Å². The van der Waals surface area contributed by atoms with Crippen molar-refractivity contribution in [3.8, 4) is 0 Å². The van der Waals surface area contributed by atoms with Crippen LogP contribution in [0.1, 0.15) is 5.56 Å². The van der Waals surface area contributed by atoms with E-state index in [-0.39, 0.29) is 0 Å². The highest BCUT2D eigenvalue weighted by Gasteiger charge is 2.11. The van der Waals surface area contributed by atoms with Gasteiger partial charge in [-0.1, -0.05) is 6.07 Å². The number of nitrogens with two attached hydrogens (primary N) is 1. The van der Waals surface area contributed by atoms with Crippen molar-refractivity contribution in [2.75, 3.05) is 11.1 Å². The molecule has 3 aromatic rings. The van der Waals surface area contributed by atoms with E-state index >= 15 is 0 Å². The molecule has 2 heterocycles. The number of nitrogens with one attached hydrogen (secondary N) is 2. The quantitative estimate of drug-likeness (QED) is 0.490. The number of amides is 1. The van der Waals surface area contributed by atoms with E-state index in [9.17, 15) is 9.18 Å². The maximum Gasteiger partial charge on any atom is 0.211 e. The molecule has 9 heteroatoms. The fourth-order valence-corrected chi connectivity index (χ4v) is 2.94. The summed E-state index contributed by atoms with van der Waals surface area (Å²) >= 11 is 1.38. The second-order valence-corrected chi connectivity index (χ2v) is 5.42. The topological polar surface area (TPSA) is 110 Å². The molecule has 0 unspecified atom stereocenters. The van der Waals surface area contributed by atoms with Crippen molar-refractivity contribution in [1.82, 2.24) is 20.4 Å². The first-order chi connectivity index (χ1) is 10.7. The van der Waals surface area contributed by atoms with Gasteiger partial charge in [-0.25, -0.2) is 9.37 Å². The minimum Gasteiger partial charge on any atom is -0.384 e. The standard InChI is InChI=1S/C13H11FN6OS/c14-9-3-8(16-6-21)2-1-7(9)5-22-10-4-11(15)17-13-12(10)18-20-19-13/h1-4,6H,5H2,(H,16,21)(H3,15,17,18,19,20). The minimum atomic E-state index is -0.391. The Kier molecular flexibility index (Phi) is 3.88. The number of aromatic nitrogens is 4. The zero-order chi connectivity index (χ0) is 15.5. The van der Waals surface area contributed by atoms with Gasteiger partial charge in [0, 0.05) is 16.3 Å². The van der Waals surface area contributed by atoms with Crippen LogP contribution in [0.15, 0.2) is 29.2 Å². The van der Waals surface area contributed by atoms with Gasteiger partial charge in [-0.05, 0) is 23.8 Å². The van der Waals surface area contributed by atoms with Crippen molar-refractivity contribution in [3.05, 3.63) is 35.6 Å². The number of H-pyrrole nitrogens is 1. The number of carbonyl (C=O) groups excluding carboxylic acids is 1. The van der Waals surface area contributed by atoms with Crippen LogP contribution in [-0.4, -0.2) is 26.8 Å². The lowest BCUT2D eigenvalue weighted by Gasteiger charge is -2.06. The molecular weight excluding hydrogens is 307 g/mol. The molecule has 0 spiro atoms. The summed E-state index contributed by atoms with van der Waals surface area (Å²) in [6.07, 6.45) is 0.504. The molecule has 0 aliphatic rings. The Morgan fingerprint density at radius 2 is 2.23 bits per heavy atom. The molecule has 0 fully saturated rings. The molecule has 1 aromatic carbocycles. The van der Waals surface area contributed by atoms with Crippen molar-refractivity contribution in [1.29, 1.82) is 0 Å². The number of hydrogen-bond acceptors (Lipinski definition) is 6. The first-order valence-corrected chi connectivity index (χ1v) is 7.24. The average Bonchev–Trinajstić information content (AvgIpc) is 2.94. The van der Waals surface area contributed by atoms with Gasteiger partial charge in [0.1, 0.15) is 17.2 Å². The summed E-state index contributed by atoms with van der Waals surface area (Å²) in [7, 11) is 0. The van der Waals surface area contributed by atoms with Crippen LogP contribution in [0.25, 0.3) is 11.2 Å². The molecule has 3 rings (SSSR count). The van der Waals surface area contributed by atoms with Gasteiger partial charge in [0.2, 0.25) is 12.1 Å². The molecule has 2 aromatic heterocycles. The molecule has 4 N–H and O–H groups in total. The van der Waals surface area contributed by atoms with Crippen molar-refractivity contribution in [2.45, 2.75) is 10.6 Å². The molecule has 0 radical (unpaired) electrons. The summed E-state index contributed by atoms with van der Waals surface area (Å²) in [5, 5.41) is 12.8. The second kappa shape index (κ2) is 5.98. The number of carbonyl (C=O) groups is 1. The highest BCUT2D eigenvalue weighted by atomic mass is 32.2. The van der Waals surface area contributed by atoms with Gasteiger partial charge in [-0.2, -0.15) is 10.3 Å². The highest BCUT2D eigenvalue weighted by Crippen LogP contribution is 2.30. The van der Waals surface area contributed by atoms with Crippen molar-refractivity contribution < 1.29 is 9.18 Å². The van der Waals surface area contributed by atoms with Gasteiger partial charge in [0.05, 0.1) is 0 Å². The van der Waals surface area contributed by atoms with Crippen LogP contribution in [0.4, 0.5) is 15.9 Å². The molecule has 7 nitrogen and oxygen atoms in total. The monoisotopic (exact) mass is 318 g/mol. The first-order valence-electron chi connectivity index (χ1n) is 6.26. The van der Waals surface area contributed by atoms with E-state index in [0.29, 0.717) is 40.4 Å². The number of thioether (sulfide) groups is 1. The van der Waals surface area contributed by atoms with Gasteiger partial charge < -0.3 is 11.1 Å². The number of pyridine rings is 1. The predicted molar refractivity (Wildman–Crippen MR) is 81.7 cm³/mol.